The van der Waals surface area contributed by atoms with Crippen LogP contribution in [-0.4, -0.2) is 49.8 Å². The molecule has 172 valence electrons. The number of carbonyl (C=O) groups is 2. The zero-order valence-corrected chi connectivity index (χ0v) is 19.5. The highest BCUT2D eigenvalue weighted by Gasteiger charge is 2.29. The van der Waals surface area contributed by atoms with Crippen molar-refractivity contribution in [3.05, 3.63) is 45.7 Å². The number of ketones is 1. The fourth-order valence-corrected chi connectivity index (χ4v) is 4.46. The Morgan fingerprint density at radius 3 is 2.42 bits per heavy atom. The maximum absolute atomic E-state index is 13.2. The van der Waals surface area contributed by atoms with Gasteiger partial charge in [-0.25, -0.2) is 14.3 Å². The van der Waals surface area contributed by atoms with Gasteiger partial charge in [-0.3, -0.25) is 14.2 Å². The van der Waals surface area contributed by atoms with E-state index in [0.29, 0.717) is 53.3 Å². The maximum Gasteiger partial charge on any atom is 0.410 e. The van der Waals surface area contributed by atoms with Crippen molar-refractivity contribution in [2.75, 3.05) is 13.1 Å². The van der Waals surface area contributed by atoms with Crippen LogP contribution in [0.3, 0.4) is 0 Å². The van der Waals surface area contributed by atoms with Crippen LogP contribution in [0.5, 0.6) is 0 Å². The van der Waals surface area contributed by atoms with Gasteiger partial charge in [0.2, 0.25) is 0 Å². The Morgan fingerprint density at radius 2 is 1.85 bits per heavy atom. The van der Waals surface area contributed by atoms with Crippen molar-refractivity contribution in [2.24, 2.45) is 7.05 Å². The molecule has 4 rings (SSSR count). The van der Waals surface area contributed by atoms with Crippen molar-refractivity contribution >= 4 is 39.4 Å². The monoisotopic (exact) mass is 449 g/mol. The third-order valence-electron chi connectivity index (χ3n) is 5.98. The second kappa shape index (κ2) is 8.03. The first-order valence-electron chi connectivity index (χ1n) is 10.9. The molecule has 2 aromatic heterocycles. The molecule has 0 unspecified atom stereocenters. The lowest BCUT2D eigenvalue weighted by Crippen LogP contribution is -2.42. The summed E-state index contributed by atoms with van der Waals surface area (Å²) in [6.07, 6.45) is 2.68. The number of fused-ring (bicyclic) bond motifs is 3. The Kier molecular flexibility index (Phi) is 5.48. The molecule has 1 fully saturated rings. The van der Waals surface area contributed by atoms with Crippen molar-refractivity contribution in [2.45, 2.75) is 52.2 Å². The quantitative estimate of drug-likeness (QED) is 0.432. The number of benzene rings is 1. The van der Waals surface area contributed by atoms with Crippen molar-refractivity contribution in [1.82, 2.24) is 19.2 Å². The van der Waals surface area contributed by atoms with Crippen LogP contribution in [0.2, 0.25) is 0 Å². The van der Waals surface area contributed by atoms with Crippen LogP contribution in [0.1, 0.15) is 56.9 Å². The van der Waals surface area contributed by atoms with Gasteiger partial charge in [-0.1, -0.05) is 0 Å². The smallest absolute Gasteiger partial charge is 0.410 e. The number of likely N-dealkylation sites (tertiary alicyclic amines) is 1. The summed E-state index contributed by atoms with van der Waals surface area (Å²) in [6, 6.07) is 3.06. The summed E-state index contributed by atoms with van der Waals surface area (Å²) >= 11 is 0. The summed E-state index contributed by atoms with van der Waals surface area (Å²) < 4.78 is 8.84. The van der Waals surface area contributed by atoms with Crippen molar-refractivity contribution in [3.63, 3.8) is 0 Å². The molecule has 33 heavy (non-hydrogen) atoms. The average Bonchev–Trinajstić information content (AvgIpc) is 3.20. The summed E-state index contributed by atoms with van der Waals surface area (Å²) in [5.74, 6) is -0.210. The summed E-state index contributed by atoms with van der Waals surface area (Å²) in [5.41, 5.74) is 0.402. The Bertz CT molecular complexity index is 1380. The molecular formula is C24H27N5O4. The van der Waals surface area contributed by atoms with Crippen LogP contribution in [-0.2, 0) is 11.8 Å². The second-order valence-electron chi connectivity index (χ2n) is 9.47. The predicted octanol–water partition coefficient (Wildman–Crippen LogP) is 4.21. The largest absolute Gasteiger partial charge is 0.444 e. The number of hydrogen-bond acceptors (Lipinski definition) is 5. The van der Waals surface area contributed by atoms with E-state index < -0.39 is 5.60 Å². The number of carbonyl (C=O) groups excluding carboxylic acids is 2. The molecule has 0 atom stereocenters. The molecule has 1 aliphatic rings. The highest BCUT2D eigenvalue weighted by Crippen LogP contribution is 2.33. The number of hydrogen-bond donors (Lipinski definition) is 0. The van der Waals surface area contributed by atoms with Gasteiger partial charge in [0.25, 0.3) is 5.56 Å². The normalized spacial score (nSPS) is 15.1. The minimum Gasteiger partial charge on any atom is -0.444 e. The summed E-state index contributed by atoms with van der Waals surface area (Å²) in [7, 11) is 1.68. The predicted molar refractivity (Wildman–Crippen MR) is 125 cm³/mol. The van der Waals surface area contributed by atoms with Gasteiger partial charge in [0, 0.05) is 41.9 Å². The number of Topliss-reactive ketones (excluding diaryl/α,β-unsaturated/α-hetero) is 1. The van der Waals surface area contributed by atoms with E-state index in [1.807, 2.05) is 25.5 Å². The van der Waals surface area contributed by atoms with E-state index in [4.69, 9.17) is 11.3 Å². The van der Waals surface area contributed by atoms with E-state index in [0.717, 1.165) is 0 Å². The molecule has 9 nitrogen and oxygen atoms in total. The summed E-state index contributed by atoms with van der Waals surface area (Å²) in [4.78, 5) is 43.1. The van der Waals surface area contributed by atoms with E-state index in [1.165, 1.54) is 23.6 Å². The van der Waals surface area contributed by atoms with E-state index >= 15 is 0 Å². The van der Waals surface area contributed by atoms with Crippen LogP contribution >= 0.6 is 0 Å². The minimum absolute atomic E-state index is 0.00692. The molecule has 1 aromatic carbocycles. The highest BCUT2D eigenvalue weighted by atomic mass is 16.6. The number of rotatable bonds is 2. The molecule has 0 bridgehead atoms. The van der Waals surface area contributed by atoms with Gasteiger partial charge in [0.1, 0.15) is 11.2 Å². The minimum atomic E-state index is -0.549. The SMILES string of the molecule is [C-]#[N+]c1cc(C(C)=O)c2c(c1)c(=O)n(C)c1c2cnn1C1CCN(C(=O)OC(C)(C)C)CC1. The number of aryl methyl sites for hydroxylation is 1. The molecule has 3 aromatic rings. The van der Waals surface area contributed by atoms with Gasteiger partial charge in [-0.05, 0) is 52.7 Å². The van der Waals surface area contributed by atoms with E-state index in [2.05, 4.69) is 9.94 Å². The molecule has 0 spiro atoms. The first-order valence-corrected chi connectivity index (χ1v) is 10.9. The summed E-state index contributed by atoms with van der Waals surface area (Å²) in [6.45, 7) is 15.3. The van der Waals surface area contributed by atoms with Gasteiger partial charge in [-0.15, -0.1) is 0 Å². The van der Waals surface area contributed by atoms with Crippen LogP contribution in [0, 0.1) is 6.57 Å². The number of piperidine rings is 1. The van der Waals surface area contributed by atoms with E-state index in [1.54, 1.807) is 18.1 Å². The van der Waals surface area contributed by atoms with Crippen molar-refractivity contribution < 1.29 is 14.3 Å². The lowest BCUT2D eigenvalue weighted by molar-refractivity contribution is 0.0186. The molecule has 0 saturated carbocycles. The van der Waals surface area contributed by atoms with Gasteiger partial charge >= 0.3 is 6.09 Å². The second-order valence-corrected chi connectivity index (χ2v) is 9.47. The lowest BCUT2D eigenvalue weighted by atomic mass is 9.99. The number of pyridine rings is 1. The molecule has 9 heteroatoms. The fourth-order valence-electron chi connectivity index (χ4n) is 4.46. The van der Waals surface area contributed by atoms with Gasteiger partial charge in [0.05, 0.1) is 18.8 Å². The molecule has 0 aliphatic carbocycles. The van der Waals surface area contributed by atoms with E-state index in [-0.39, 0.29) is 29.2 Å². The first kappa shape index (κ1) is 22.5. The van der Waals surface area contributed by atoms with Crippen LogP contribution in [0.25, 0.3) is 26.7 Å². The first-order chi connectivity index (χ1) is 15.5. The Balaban J connectivity index is 1.76. The fraction of sp³-hybridized carbons (Fsp3) is 0.458. The topological polar surface area (TPSA) is 90.8 Å². The number of ether oxygens (including phenoxy) is 1. The molecule has 1 amide bonds. The molecule has 1 aliphatic heterocycles. The number of amides is 1. The standard InChI is InChI=1S/C24H27N5O4/c1-14(30)17-11-15(25-5)12-18-20(17)19-13-26-29(21(19)27(6)22(18)31)16-7-9-28(10-8-16)23(32)33-24(2,3)4/h11-13,16H,7-10H2,1-4,6H3. The number of aromatic nitrogens is 3. The maximum atomic E-state index is 13.2. The molecular weight excluding hydrogens is 422 g/mol. The molecule has 1 saturated heterocycles. The highest BCUT2D eigenvalue weighted by molar-refractivity contribution is 6.17. The molecule has 0 N–H and O–H groups in total. The van der Waals surface area contributed by atoms with Crippen LogP contribution in [0.15, 0.2) is 23.1 Å². The van der Waals surface area contributed by atoms with Crippen LogP contribution < -0.4 is 5.56 Å². The zero-order valence-electron chi connectivity index (χ0n) is 19.5. The molecule has 0 radical (unpaired) electrons. The Morgan fingerprint density at radius 1 is 1.18 bits per heavy atom. The Labute approximate surface area is 191 Å². The van der Waals surface area contributed by atoms with Crippen molar-refractivity contribution in [3.8, 4) is 0 Å². The Hall–Kier alpha value is -3.67. The van der Waals surface area contributed by atoms with E-state index in [9.17, 15) is 14.4 Å². The average molecular weight is 450 g/mol. The van der Waals surface area contributed by atoms with Gasteiger partial charge in [0.15, 0.2) is 11.5 Å². The number of nitrogens with zero attached hydrogens (tertiary/aromatic N) is 5. The zero-order chi connectivity index (χ0) is 24.1. The third-order valence-corrected chi connectivity index (χ3v) is 5.98. The van der Waals surface area contributed by atoms with Crippen LogP contribution in [0.4, 0.5) is 10.5 Å². The lowest BCUT2D eigenvalue weighted by Gasteiger charge is -2.33. The van der Waals surface area contributed by atoms with Crippen molar-refractivity contribution in [1.29, 1.82) is 0 Å². The third kappa shape index (κ3) is 3.97. The summed E-state index contributed by atoms with van der Waals surface area (Å²) in [5, 5.41) is 6.16. The van der Waals surface area contributed by atoms with Gasteiger partial charge in [-0.2, -0.15) is 5.10 Å². The van der Waals surface area contributed by atoms with Gasteiger partial charge < -0.3 is 9.64 Å². The molecule has 3 heterocycles.